The largest absolute Gasteiger partial charge is 0.459 e. The Morgan fingerprint density at radius 1 is 1.45 bits per heavy atom. The van der Waals surface area contributed by atoms with Crippen LogP contribution in [0.1, 0.15) is 12.8 Å². The van der Waals surface area contributed by atoms with E-state index in [0.717, 1.165) is 12.8 Å². The first-order valence-corrected chi connectivity index (χ1v) is 4.12. The summed E-state index contributed by atoms with van der Waals surface area (Å²) >= 11 is 0. The van der Waals surface area contributed by atoms with Crippen molar-refractivity contribution < 1.29 is 13.9 Å². The summed E-state index contributed by atoms with van der Waals surface area (Å²) in [5.74, 6) is 0.253. The molecular weight excluding hydrogens is 147 g/mol. The first-order chi connectivity index (χ1) is 5.27. The third-order valence-corrected chi connectivity index (χ3v) is 3.39. The lowest BCUT2D eigenvalue weighted by molar-refractivity contribution is -0.144. The van der Waals surface area contributed by atoms with Crippen LogP contribution in [0, 0.1) is 17.8 Å². The maximum atomic E-state index is 13.2. The van der Waals surface area contributed by atoms with E-state index in [1.54, 1.807) is 0 Å². The summed E-state index contributed by atoms with van der Waals surface area (Å²) in [7, 11) is 0. The summed E-state index contributed by atoms with van der Waals surface area (Å²) in [6.45, 7) is 0. The van der Waals surface area contributed by atoms with Crippen LogP contribution in [0.2, 0.25) is 0 Å². The number of alkyl halides is 1. The minimum Gasteiger partial charge on any atom is -0.459 e. The van der Waals surface area contributed by atoms with Crippen molar-refractivity contribution >= 4 is 5.97 Å². The minimum atomic E-state index is -0.859. The van der Waals surface area contributed by atoms with Crippen molar-refractivity contribution in [3.63, 3.8) is 0 Å². The van der Waals surface area contributed by atoms with Crippen LogP contribution in [0.15, 0.2) is 0 Å². The Morgan fingerprint density at radius 2 is 2.27 bits per heavy atom. The number of hydrogen-bond donors (Lipinski definition) is 0. The Hall–Kier alpha value is -0.600. The Bertz CT molecular complexity index is 228. The van der Waals surface area contributed by atoms with Crippen LogP contribution in [-0.4, -0.2) is 18.2 Å². The fraction of sp³-hybridized carbons (Fsp3) is 0.875. The van der Waals surface area contributed by atoms with Crippen molar-refractivity contribution in [2.75, 3.05) is 0 Å². The van der Waals surface area contributed by atoms with Crippen LogP contribution in [-0.2, 0) is 9.53 Å². The van der Waals surface area contributed by atoms with Crippen molar-refractivity contribution in [1.29, 1.82) is 0 Å². The average Bonchev–Trinajstić information content (AvgIpc) is 2.53. The predicted octanol–water partition coefficient (Wildman–Crippen LogP) is 0.906. The SMILES string of the molecule is O=C1O[C@@H]2[C@@H](F)[C@H]3C[C@H]2[C@H]1C3. The normalized spacial score (nSPS) is 58.6. The zero-order valence-corrected chi connectivity index (χ0v) is 6.00. The molecule has 0 radical (unpaired) electrons. The molecule has 0 spiro atoms. The molecule has 0 aromatic carbocycles. The van der Waals surface area contributed by atoms with Gasteiger partial charge in [0, 0.05) is 5.92 Å². The van der Waals surface area contributed by atoms with E-state index < -0.39 is 6.17 Å². The Balaban J connectivity index is 2.04. The number of carbonyl (C=O) groups is 1. The summed E-state index contributed by atoms with van der Waals surface area (Å²) in [5, 5.41) is 0. The van der Waals surface area contributed by atoms with Gasteiger partial charge >= 0.3 is 5.97 Å². The molecule has 3 heteroatoms. The molecule has 0 unspecified atom stereocenters. The Labute approximate surface area is 63.7 Å². The summed E-state index contributed by atoms with van der Waals surface area (Å²) in [6.07, 6.45) is 0.387. The average molecular weight is 156 g/mol. The van der Waals surface area contributed by atoms with Gasteiger partial charge in [-0.2, -0.15) is 0 Å². The molecule has 5 atom stereocenters. The second-order valence-corrected chi connectivity index (χ2v) is 3.85. The molecule has 2 saturated carbocycles. The Kier molecular flexibility index (Phi) is 0.866. The zero-order valence-electron chi connectivity index (χ0n) is 6.00. The molecule has 2 bridgehead atoms. The van der Waals surface area contributed by atoms with Crippen LogP contribution in [0.4, 0.5) is 4.39 Å². The lowest BCUT2D eigenvalue weighted by atomic mass is 9.89. The van der Waals surface area contributed by atoms with Crippen LogP contribution < -0.4 is 0 Å². The van der Waals surface area contributed by atoms with Crippen LogP contribution in [0.5, 0.6) is 0 Å². The van der Waals surface area contributed by atoms with Gasteiger partial charge in [0.2, 0.25) is 0 Å². The van der Waals surface area contributed by atoms with Crippen molar-refractivity contribution in [3.05, 3.63) is 0 Å². The van der Waals surface area contributed by atoms with Gasteiger partial charge in [-0.15, -0.1) is 0 Å². The second-order valence-electron chi connectivity index (χ2n) is 3.85. The molecule has 60 valence electrons. The van der Waals surface area contributed by atoms with Crippen molar-refractivity contribution in [1.82, 2.24) is 0 Å². The number of carbonyl (C=O) groups excluding carboxylic acids is 1. The van der Waals surface area contributed by atoms with Crippen LogP contribution in [0.3, 0.4) is 0 Å². The molecule has 0 aromatic rings. The molecule has 0 N–H and O–H groups in total. The van der Waals surface area contributed by atoms with Gasteiger partial charge in [0.15, 0.2) is 0 Å². The fourth-order valence-electron chi connectivity index (χ4n) is 2.88. The quantitative estimate of drug-likeness (QED) is 0.487. The van der Waals surface area contributed by atoms with Gasteiger partial charge in [0.25, 0.3) is 0 Å². The van der Waals surface area contributed by atoms with Gasteiger partial charge in [-0.1, -0.05) is 0 Å². The van der Waals surface area contributed by atoms with Crippen molar-refractivity contribution in [2.45, 2.75) is 25.1 Å². The maximum Gasteiger partial charge on any atom is 0.309 e. The molecule has 0 amide bonds. The highest BCUT2D eigenvalue weighted by atomic mass is 19.1. The smallest absolute Gasteiger partial charge is 0.309 e. The number of ether oxygens (including phenoxy) is 1. The van der Waals surface area contributed by atoms with Gasteiger partial charge in [-0.25, -0.2) is 4.39 Å². The third-order valence-electron chi connectivity index (χ3n) is 3.39. The molecule has 2 aliphatic carbocycles. The van der Waals surface area contributed by atoms with Crippen LogP contribution >= 0.6 is 0 Å². The molecule has 1 aliphatic heterocycles. The van der Waals surface area contributed by atoms with Crippen molar-refractivity contribution in [2.24, 2.45) is 17.8 Å². The van der Waals surface area contributed by atoms with Gasteiger partial charge in [-0.05, 0) is 18.8 Å². The van der Waals surface area contributed by atoms with E-state index in [1.807, 2.05) is 0 Å². The molecular formula is C8H9FO2. The third kappa shape index (κ3) is 0.522. The Morgan fingerprint density at radius 3 is 2.91 bits per heavy atom. The van der Waals surface area contributed by atoms with E-state index >= 15 is 0 Å². The first-order valence-electron chi connectivity index (χ1n) is 4.12. The van der Waals surface area contributed by atoms with Gasteiger partial charge in [0.05, 0.1) is 5.92 Å². The lowest BCUT2D eigenvalue weighted by Gasteiger charge is -2.17. The van der Waals surface area contributed by atoms with E-state index in [1.165, 1.54) is 0 Å². The van der Waals surface area contributed by atoms with Gasteiger partial charge in [-0.3, -0.25) is 4.79 Å². The van der Waals surface area contributed by atoms with E-state index in [0.29, 0.717) is 0 Å². The molecule has 1 saturated heterocycles. The maximum absolute atomic E-state index is 13.2. The molecule has 3 rings (SSSR count). The van der Waals surface area contributed by atoms with Gasteiger partial charge in [0.1, 0.15) is 12.3 Å². The fourth-order valence-corrected chi connectivity index (χ4v) is 2.88. The number of halogens is 1. The van der Waals surface area contributed by atoms with E-state index in [-0.39, 0.29) is 29.8 Å². The number of hydrogen-bond acceptors (Lipinski definition) is 2. The number of esters is 1. The molecule has 0 aromatic heterocycles. The summed E-state index contributed by atoms with van der Waals surface area (Å²) in [6, 6.07) is 0. The lowest BCUT2D eigenvalue weighted by Crippen LogP contribution is -2.27. The van der Waals surface area contributed by atoms with Gasteiger partial charge < -0.3 is 4.74 Å². The van der Waals surface area contributed by atoms with E-state index in [9.17, 15) is 9.18 Å². The van der Waals surface area contributed by atoms with E-state index in [2.05, 4.69) is 0 Å². The summed E-state index contributed by atoms with van der Waals surface area (Å²) in [4.78, 5) is 11.0. The summed E-state index contributed by atoms with van der Waals surface area (Å²) in [5.41, 5.74) is 0. The summed E-state index contributed by atoms with van der Waals surface area (Å²) < 4.78 is 18.1. The minimum absolute atomic E-state index is 0.0528. The molecule has 1 heterocycles. The standard InChI is InChI=1S/C8H9FO2/c9-6-3-1-4-5(2-3)8(10)11-7(4)6/h3-7H,1-2H2/t3-,4-,5+,6-,7-/m0/s1. The highest BCUT2D eigenvalue weighted by Gasteiger charge is 2.62. The monoisotopic (exact) mass is 156 g/mol. The number of fused-ring (bicyclic) bond motifs is 1. The molecule has 3 aliphatic rings. The zero-order chi connectivity index (χ0) is 7.59. The van der Waals surface area contributed by atoms with Crippen molar-refractivity contribution in [3.8, 4) is 0 Å². The topological polar surface area (TPSA) is 26.3 Å². The number of rotatable bonds is 0. The van der Waals surface area contributed by atoms with Crippen LogP contribution in [0.25, 0.3) is 0 Å². The molecule has 2 nitrogen and oxygen atoms in total. The molecule has 3 fully saturated rings. The molecule has 11 heavy (non-hydrogen) atoms. The predicted molar refractivity (Wildman–Crippen MR) is 34.5 cm³/mol. The second kappa shape index (κ2) is 1.59. The van der Waals surface area contributed by atoms with E-state index in [4.69, 9.17) is 4.74 Å². The highest BCUT2D eigenvalue weighted by Crippen LogP contribution is 2.55. The first kappa shape index (κ1) is 5.98. The highest BCUT2D eigenvalue weighted by molar-refractivity contribution is 5.76.